The lowest BCUT2D eigenvalue weighted by atomic mass is 9.92. The Hall–Kier alpha value is -0.790. The molecule has 0 saturated heterocycles. The van der Waals surface area contributed by atoms with Crippen LogP contribution in [-0.2, 0) is 4.79 Å². The monoisotopic (exact) mass is 141 g/mol. The maximum Gasteiger partial charge on any atom is 0.154 e. The van der Waals surface area contributed by atoms with Gasteiger partial charge in [0.2, 0.25) is 0 Å². The van der Waals surface area contributed by atoms with Gasteiger partial charge in [0, 0.05) is 17.2 Å². The standard InChI is InChI=1S/C8H15NO/c1-6(10)5-7(9)8(2,3)4/h5H,9H2,1-4H3/b7-5+. The van der Waals surface area contributed by atoms with Crippen molar-refractivity contribution in [1.29, 1.82) is 0 Å². The number of hydrogen-bond donors (Lipinski definition) is 1. The minimum Gasteiger partial charge on any atom is -0.402 e. The van der Waals surface area contributed by atoms with Crippen molar-refractivity contribution in [2.75, 3.05) is 0 Å². The molecule has 0 heterocycles. The van der Waals surface area contributed by atoms with Gasteiger partial charge in [0.05, 0.1) is 0 Å². The fraction of sp³-hybridized carbons (Fsp3) is 0.625. The van der Waals surface area contributed by atoms with Crippen molar-refractivity contribution < 1.29 is 4.79 Å². The Balaban J connectivity index is 4.35. The van der Waals surface area contributed by atoms with Gasteiger partial charge in [-0.25, -0.2) is 0 Å². The molecule has 2 N–H and O–H groups in total. The van der Waals surface area contributed by atoms with Crippen LogP contribution in [0.3, 0.4) is 0 Å². The summed E-state index contributed by atoms with van der Waals surface area (Å²) < 4.78 is 0. The van der Waals surface area contributed by atoms with Gasteiger partial charge in [-0.05, 0) is 6.92 Å². The molecule has 0 aromatic rings. The molecular formula is C8H15NO. The van der Waals surface area contributed by atoms with Gasteiger partial charge in [-0.3, -0.25) is 4.79 Å². The fourth-order valence-electron chi connectivity index (χ4n) is 0.435. The van der Waals surface area contributed by atoms with E-state index in [1.165, 1.54) is 13.0 Å². The molecule has 0 atom stereocenters. The lowest BCUT2D eigenvalue weighted by molar-refractivity contribution is -0.112. The van der Waals surface area contributed by atoms with Crippen LogP contribution in [0.2, 0.25) is 0 Å². The zero-order valence-electron chi connectivity index (χ0n) is 7.06. The van der Waals surface area contributed by atoms with Gasteiger partial charge < -0.3 is 5.73 Å². The molecular weight excluding hydrogens is 126 g/mol. The van der Waals surface area contributed by atoms with Crippen molar-refractivity contribution in [3.05, 3.63) is 11.8 Å². The molecule has 0 spiro atoms. The Morgan fingerprint density at radius 3 is 1.90 bits per heavy atom. The first-order valence-corrected chi connectivity index (χ1v) is 3.32. The first-order valence-electron chi connectivity index (χ1n) is 3.32. The topological polar surface area (TPSA) is 43.1 Å². The smallest absolute Gasteiger partial charge is 0.154 e. The molecule has 0 rings (SSSR count). The van der Waals surface area contributed by atoms with E-state index in [9.17, 15) is 4.79 Å². The SMILES string of the molecule is CC(=O)/C=C(/N)C(C)(C)C. The summed E-state index contributed by atoms with van der Waals surface area (Å²) in [5, 5.41) is 0. The van der Waals surface area contributed by atoms with Gasteiger partial charge in [0.15, 0.2) is 5.78 Å². The summed E-state index contributed by atoms with van der Waals surface area (Å²) in [5.74, 6) is 0.00688. The average Bonchev–Trinajstić information content (AvgIpc) is 1.60. The number of hydrogen-bond acceptors (Lipinski definition) is 2. The Bertz CT molecular complexity index is 163. The lowest BCUT2D eigenvalue weighted by Gasteiger charge is -2.18. The Morgan fingerprint density at radius 2 is 1.80 bits per heavy atom. The molecule has 2 heteroatoms. The van der Waals surface area contributed by atoms with E-state index >= 15 is 0 Å². The van der Waals surface area contributed by atoms with Crippen LogP contribution in [-0.4, -0.2) is 5.78 Å². The molecule has 0 saturated carbocycles. The predicted molar refractivity (Wildman–Crippen MR) is 42.4 cm³/mol. The van der Waals surface area contributed by atoms with Crippen molar-refractivity contribution in [3.8, 4) is 0 Å². The number of carbonyl (C=O) groups excluding carboxylic acids is 1. The molecule has 2 nitrogen and oxygen atoms in total. The van der Waals surface area contributed by atoms with E-state index in [2.05, 4.69) is 0 Å². The molecule has 0 aromatic carbocycles. The second-order valence-corrected chi connectivity index (χ2v) is 3.46. The first-order chi connectivity index (χ1) is 4.34. The highest BCUT2D eigenvalue weighted by atomic mass is 16.1. The quantitative estimate of drug-likeness (QED) is 0.562. The van der Waals surface area contributed by atoms with Crippen molar-refractivity contribution in [2.45, 2.75) is 27.7 Å². The molecule has 10 heavy (non-hydrogen) atoms. The fourth-order valence-corrected chi connectivity index (χ4v) is 0.435. The van der Waals surface area contributed by atoms with Gasteiger partial charge >= 0.3 is 0 Å². The minimum atomic E-state index is -0.0916. The van der Waals surface area contributed by atoms with Crippen LogP contribution in [0.25, 0.3) is 0 Å². The van der Waals surface area contributed by atoms with Crippen molar-refractivity contribution in [2.24, 2.45) is 11.1 Å². The van der Waals surface area contributed by atoms with E-state index < -0.39 is 0 Å². The molecule has 0 aliphatic rings. The second kappa shape index (κ2) is 2.86. The number of ketones is 1. The van der Waals surface area contributed by atoms with E-state index in [-0.39, 0.29) is 11.2 Å². The summed E-state index contributed by atoms with van der Waals surface area (Å²) in [6.07, 6.45) is 1.47. The highest BCUT2D eigenvalue weighted by Crippen LogP contribution is 2.19. The third-order valence-electron chi connectivity index (χ3n) is 1.22. The summed E-state index contributed by atoms with van der Waals surface area (Å²) in [4.78, 5) is 10.5. The Labute approximate surface area is 62.1 Å². The van der Waals surface area contributed by atoms with Crippen LogP contribution in [0.1, 0.15) is 27.7 Å². The van der Waals surface area contributed by atoms with Crippen LogP contribution in [0, 0.1) is 5.41 Å². The zero-order valence-corrected chi connectivity index (χ0v) is 7.06. The molecule has 0 aliphatic carbocycles. The summed E-state index contributed by atoms with van der Waals surface area (Å²) >= 11 is 0. The van der Waals surface area contributed by atoms with Crippen LogP contribution in [0.4, 0.5) is 0 Å². The van der Waals surface area contributed by atoms with Crippen LogP contribution in [0.5, 0.6) is 0 Å². The summed E-state index contributed by atoms with van der Waals surface area (Å²) in [7, 11) is 0. The lowest BCUT2D eigenvalue weighted by Crippen LogP contribution is -2.17. The largest absolute Gasteiger partial charge is 0.402 e. The van der Waals surface area contributed by atoms with Gasteiger partial charge in [0.1, 0.15) is 0 Å². The Morgan fingerprint density at radius 1 is 1.40 bits per heavy atom. The maximum absolute atomic E-state index is 10.5. The van der Waals surface area contributed by atoms with Crippen LogP contribution >= 0.6 is 0 Å². The molecule has 0 fully saturated rings. The van der Waals surface area contributed by atoms with Gasteiger partial charge in [-0.2, -0.15) is 0 Å². The van der Waals surface area contributed by atoms with Crippen molar-refractivity contribution >= 4 is 5.78 Å². The van der Waals surface area contributed by atoms with Gasteiger partial charge in [-0.15, -0.1) is 0 Å². The van der Waals surface area contributed by atoms with Gasteiger partial charge in [-0.1, -0.05) is 20.8 Å². The predicted octanol–water partition coefficient (Wildman–Crippen LogP) is 1.46. The zero-order chi connectivity index (χ0) is 8.36. The highest BCUT2D eigenvalue weighted by molar-refractivity contribution is 5.87. The molecule has 0 aliphatic heterocycles. The van der Waals surface area contributed by atoms with E-state index in [0.717, 1.165) is 0 Å². The third kappa shape index (κ3) is 3.28. The number of rotatable bonds is 1. The molecule has 58 valence electrons. The highest BCUT2D eigenvalue weighted by Gasteiger charge is 2.13. The molecule has 0 bridgehead atoms. The van der Waals surface area contributed by atoms with E-state index in [1.54, 1.807) is 0 Å². The molecule has 0 aromatic heterocycles. The Kier molecular flexibility index (Phi) is 2.64. The summed E-state index contributed by atoms with van der Waals surface area (Å²) in [6.45, 7) is 7.42. The maximum atomic E-state index is 10.5. The second-order valence-electron chi connectivity index (χ2n) is 3.46. The number of nitrogens with two attached hydrogens (primary N) is 1. The van der Waals surface area contributed by atoms with E-state index in [4.69, 9.17) is 5.73 Å². The summed E-state index contributed by atoms with van der Waals surface area (Å²) in [6, 6.07) is 0. The number of allylic oxidation sites excluding steroid dienone is 2. The molecule has 0 amide bonds. The first kappa shape index (κ1) is 9.21. The van der Waals surface area contributed by atoms with Crippen molar-refractivity contribution in [1.82, 2.24) is 0 Å². The molecule has 0 unspecified atom stereocenters. The minimum absolute atomic E-state index is 0.00688. The summed E-state index contributed by atoms with van der Waals surface area (Å²) in [5.41, 5.74) is 6.14. The van der Waals surface area contributed by atoms with Crippen molar-refractivity contribution in [3.63, 3.8) is 0 Å². The van der Waals surface area contributed by atoms with E-state index in [0.29, 0.717) is 5.70 Å². The van der Waals surface area contributed by atoms with Crippen LogP contribution < -0.4 is 5.73 Å². The number of carbonyl (C=O) groups is 1. The van der Waals surface area contributed by atoms with Crippen LogP contribution in [0.15, 0.2) is 11.8 Å². The average molecular weight is 141 g/mol. The molecule has 0 radical (unpaired) electrons. The van der Waals surface area contributed by atoms with Gasteiger partial charge in [0.25, 0.3) is 0 Å². The van der Waals surface area contributed by atoms with E-state index in [1.807, 2.05) is 20.8 Å². The normalized spacial score (nSPS) is 13.4. The third-order valence-corrected chi connectivity index (χ3v) is 1.22.